The van der Waals surface area contributed by atoms with Gasteiger partial charge >= 0.3 is 0 Å². The zero-order valence-electron chi connectivity index (χ0n) is 5.31. The molecule has 0 radical (unpaired) electrons. The Kier molecular flexibility index (Phi) is 6.17. The quantitative estimate of drug-likeness (QED) is 0.509. The Morgan fingerprint density at radius 1 is 1.10 bits per heavy atom. The van der Waals surface area contributed by atoms with Gasteiger partial charge in [-0.1, -0.05) is 0 Å². The lowest BCUT2D eigenvalue weighted by Crippen LogP contribution is -2.01. The first kappa shape index (κ1) is 10.3. The Labute approximate surface area is 71.7 Å². The minimum Gasteiger partial charge on any atom is -0.185 e. The van der Waals surface area contributed by atoms with Crippen molar-refractivity contribution in [2.45, 2.75) is 12.8 Å². The van der Waals surface area contributed by atoms with Gasteiger partial charge in [-0.3, -0.25) is 0 Å². The second kappa shape index (κ2) is 6.01. The SMILES string of the molecule is O=S(=O)=C(CCCl)CCCl. The Morgan fingerprint density at radius 3 is 1.70 bits per heavy atom. The highest BCUT2D eigenvalue weighted by atomic mass is 35.5. The molecule has 0 saturated heterocycles. The fraction of sp³-hybridized carbons (Fsp3) is 0.800. The largest absolute Gasteiger partial charge is 0.213 e. The lowest BCUT2D eigenvalue weighted by Gasteiger charge is -1.92. The number of halogens is 2. The van der Waals surface area contributed by atoms with Crippen molar-refractivity contribution in [2.75, 3.05) is 11.8 Å². The van der Waals surface area contributed by atoms with E-state index in [2.05, 4.69) is 0 Å². The van der Waals surface area contributed by atoms with Crippen LogP contribution in [-0.2, 0) is 10.3 Å². The molecule has 0 amide bonds. The van der Waals surface area contributed by atoms with Crippen LogP contribution in [0.1, 0.15) is 12.8 Å². The minimum absolute atomic E-state index is 0.334. The van der Waals surface area contributed by atoms with Crippen LogP contribution in [0.15, 0.2) is 0 Å². The highest BCUT2D eigenvalue weighted by Gasteiger charge is 1.98. The van der Waals surface area contributed by atoms with Crippen molar-refractivity contribution in [1.29, 1.82) is 0 Å². The monoisotopic (exact) mass is 202 g/mol. The standard InChI is InChI=1S/C5H8Cl2O2S/c6-3-1-5(2-4-7)10(8)9/h1-4H2. The molecule has 0 aromatic heterocycles. The van der Waals surface area contributed by atoms with E-state index in [0.29, 0.717) is 29.5 Å². The van der Waals surface area contributed by atoms with Crippen LogP contribution in [0.4, 0.5) is 0 Å². The maximum absolute atomic E-state index is 10.3. The molecule has 0 atom stereocenters. The van der Waals surface area contributed by atoms with Crippen LogP contribution in [0, 0.1) is 0 Å². The van der Waals surface area contributed by atoms with Crippen LogP contribution in [0.25, 0.3) is 0 Å². The smallest absolute Gasteiger partial charge is 0.185 e. The Morgan fingerprint density at radius 2 is 1.50 bits per heavy atom. The summed E-state index contributed by atoms with van der Waals surface area (Å²) in [5, 5.41) is 0. The first-order valence-electron chi connectivity index (χ1n) is 2.78. The van der Waals surface area contributed by atoms with Gasteiger partial charge in [0.25, 0.3) is 0 Å². The summed E-state index contributed by atoms with van der Waals surface area (Å²) in [7, 11) is -2.11. The zero-order valence-corrected chi connectivity index (χ0v) is 7.64. The third kappa shape index (κ3) is 4.14. The van der Waals surface area contributed by atoms with Crippen molar-refractivity contribution >= 4 is 38.4 Å². The summed E-state index contributed by atoms with van der Waals surface area (Å²) in [6.07, 6.45) is 0.814. The van der Waals surface area contributed by atoms with Crippen LogP contribution in [-0.4, -0.2) is 25.0 Å². The molecule has 10 heavy (non-hydrogen) atoms. The van der Waals surface area contributed by atoms with Gasteiger partial charge in [-0.25, -0.2) is 0 Å². The van der Waals surface area contributed by atoms with E-state index < -0.39 is 10.3 Å². The predicted molar refractivity (Wildman–Crippen MR) is 44.6 cm³/mol. The molecule has 0 spiro atoms. The third-order valence-corrected chi connectivity index (χ3v) is 2.24. The summed E-state index contributed by atoms with van der Waals surface area (Å²) in [6, 6.07) is 0. The summed E-state index contributed by atoms with van der Waals surface area (Å²) in [5.41, 5.74) is 0. The molecule has 0 aliphatic heterocycles. The summed E-state index contributed by atoms with van der Waals surface area (Å²) >= 11 is 10.7. The fourth-order valence-electron chi connectivity index (χ4n) is 0.502. The molecule has 0 rings (SSSR count). The molecule has 0 saturated carbocycles. The van der Waals surface area contributed by atoms with E-state index in [1.165, 1.54) is 0 Å². The Hall–Kier alpha value is 0.270. The second-order valence-electron chi connectivity index (χ2n) is 1.65. The van der Waals surface area contributed by atoms with E-state index in [9.17, 15) is 8.42 Å². The van der Waals surface area contributed by atoms with Crippen LogP contribution < -0.4 is 0 Å². The van der Waals surface area contributed by atoms with E-state index in [1.807, 2.05) is 0 Å². The van der Waals surface area contributed by atoms with Crippen molar-refractivity contribution in [3.05, 3.63) is 0 Å². The van der Waals surface area contributed by atoms with Crippen molar-refractivity contribution in [3.8, 4) is 0 Å². The summed E-state index contributed by atoms with van der Waals surface area (Å²) < 4.78 is 20.7. The summed E-state index contributed by atoms with van der Waals surface area (Å²) in [4.78, 5) is 0.407. The van der Waals surface area contributed by atoms with Gasteiger partial charge in [0.2, 0.25) is 10.3 Å². The Balaban J connectivity index is 4.14. The van der Waals surface area contributed by atoms with E-state index in [1.54, 1.807) is 0 Å². The molecule has 0 bridgehead atoms. The molecular weight excluding hydrogens is 195 g/mol. The Bertz CT molecular complexity index is 192. The first-order chi connectivity index (χ1) is 4.72. The molecule has 0 aromatic carbocycles. The molecule has 0 aliphatic rings. The average molecular weight is 203 g/mol. The van der Waals surface area contributed by atoms with E-state index >= 15 is 0 Å². The van der Waals surface area contributed by atoms with Crippen molar-refractivity contribution < 1.29 is 8.42 Å². The maximum atomic E-state index is 10.3. The number of alkyl halides is 2. The molecule has 5 heteroatoms. The molecule has 0 unspecified atom stereocenters. The van der Waals surface area contributed by atoms with Crippen molar-refractivity contribution in [1.82, 2.24) is 0 Å². The van der Waals surface area contributed by atoms with E-state index in [-0.39, 0.29) is 0 Å². The van der Waals surface area contributed by atoms with E-state index in [4.69, 9.17) is 23.2 Å². The predicted octanol–water partition coefficient (Wildman–Crippen LogP) is 1.30. The van der Waals surface area contributed by atoms with Gasteiger partial charge in [0.05, 0.1) is 4.86 Å². The lowest BCUT2D eigenvalue weighted by atomic mass is 10.3. The topological polar surface area (TPSA) is 34.1 Å². The van der Waals surface area contributed by atoms with Gasteiger partial charge < -0.3 is 0 Å². The van der Waals surface area contributed by atoms with Gasteiger partial charge in [0.15, 0.2) is 0 Å². The first-order valence-corrected chi connectivity index (χ1v) is 4.92. The van der Waals surface area contributed by atoms with Crippen LogP contribution in [0.5, 0.6) is 0 Å². The molecule has 0 fully saturated rings. The van der Waals surface area contributed by atoms with Gasteiger partial charge in [-0.15, -0.1) is 23.2 Å². The van der Waals surface area contributed by atoms with E-state index in [0.717, 1.165) is 0 Å². The number of hydrogen-bond acceptors (Lipinski definition) is 2. The molecule has 0 heterocycles. The van der Waals surface area contributed by atoms with Gasteiger partial charge in [0, 0.05) is 11.8 Å². The van der Waals surface area contributed by atoms with Crippen molar-refractivity contribution in [3.63, 3.8) is 0 Å². The lowest BCUT2D eigenvalue weighted by molar-refractivity contribution is 0.626. The molecular formula is C5H8Cl2O2S. The number of hydrogen-bond donors (Lipinski definition) is 0. The molecule has 0 aliphatic carbocycles. The van der Waals surface area contributed by atoms with Crippen molar-refractivity contribution in [2.24, 2.45) is 0 Å². The molecule has 0 aromatic rings. The summed E-state index contributed by atoms with van der Waals surface area (Å²) in [5.74, 6) is 0.667. The summed E-state index contributed by atoms with van der Waals surface area (Å²) in [6.45, 7) is 0. The van der Waals surface area contributed by atoms with Crippen LogP contribution in [0.2, 0.25) is 0 Å². The average Bonchev–Trinajstić information content (AvgIpc) is 1.87. The second-order valence-corrected chi connectivity index (χ2v) is 3.45. The van der Waals surface area contributed by atoms with Gasteiger partial charge in [-0.2, -0.15) is 8.42 Å². The minimum atomic E-state index is -2.11. The molecule has 2 nitrogen and oxygen atoms in total. The zero-order chi connectivity index (χ0) is 7.98. The normalized spacial score (nSPS) is 9.40. The maximum Gasteiger partial charge on any atom is 0.213 e. The highest BCUT2D eigenvalue weighted by molar-refractivity contribution is 7.73. The van der Waals surface area contributed by atoms with Crippen LogP contribution >= 0.6 is 23.2 Å². The molecule has 0 N–H and O–H groups in total. The van der Waals surface area contributed by atoms with Gasteiger partial charge in [-0.05, 0) is 12.8 Å². The van der Waals surface area contributed by atoms with Crippen LogP contribution in [0.3, 0.4) is 0 Å². The van der Waals surface area contributed by atoms with Gasteiger partial charge in [0.1, 0.15) is 0 Å². The molecule has 60 valence electrons. The fourth-order valence-corrected chi connectivity index (χ4v) is 1.72. The highest BCUT2D eigenvalue weighted by Crippen LogP contribution is 1.95. The third-order valence-electron chi connectivity index (χ3n) is 0.982. The number of rotatable bonds is 4.